The fourth-order valence-corrected chi connectivity index (χ4v) is 4.76. The van der Waals surface area contributed by atoms with Gasteiger partial charge in [-0.15, -0.1) is 6.42 Å². The molecule has 0 radical (unpaired) electrons. The van der Waals surface area contributed by atoms with Gasteiger partial charge in [-0.3, -0.25) is 14.6 Å². The van der Waals surface area contributed by atoms with Crippen molar-refractivity contribution in [3.8, 4) is 18.1 Å². The molecule has 172 valence electrons. The molecule has 1 aliphatic carbocycles. The maximum atomic E-state index is 13.0. The lowest BCUT2D eigenvalue weighted by atomic mass is 9.83. The molecule has 0 saturated heterocycles. The number of fused-ring (bicyclic) bond motifs is 1. The normalized spacial score (nSPS) is 19.7. The number of nitrogens with zero attached hydrogens (tertiary/aromatic N) is 2. The van der Waals surface area contributed by atoms with E-state index in [4.69, 9.17) is 11.2 Å². The van der Waals surface area contributed by atoms with Gasteiger partial charge in [-0.05, 0) is 72.9 Å². The number of amides is 2. The zero-order chi connectivity index (χ0) is 23.4. The molecule has 2 aromatic rings. The van der Waals surface area contributed by atoms with Gasteiger partial charge < -0.3 is 15.0 Å². The highest BCUT2D eigenvalue weighted by Gasteiger charge is 2.38. The summed E-state index contributed by atoms with van der Waals surface area (Å²) in [6.07, 6.45) is 14.1. The number of terminal acetylenes is 1. The van der Waals surface area contributed by atoms with Gasteiger partial charge >= 0.3 is 0 Å². The summed E-state index contributed by atoms with van der Waals surface area (Å²) >= 11 is 0. The van der Waals surface area contributed by atoms with Gasteiger partial charge in [-0.1, -0.05) is 31.9 Å². The first-order valence-electron chi connectivity index (χ1n) is 11.8. The Morgan fingerprint density at radius 1 is 1.27 bits per heavy atom. The molecule has 6 heteroatoms. The first-order valence-corrected chi connectivity index (χ1v) is 11.8. The maximum absolute atomic E-state index is 13.0. The van der Waals surface area contributed by atoms with Crippen molar-refractivity contribution in [2.24, 2.45) is 0 Å². The summed E-state index contributed by atoms with van der Waals surface area (Å²) < 4.78 is 5.45. The highest BCUT2D eigenvalue weighted by atomic mass is 16.5. The molecule has 2 atom stereocenters. The molecule has 1 aromatic heterocycles. The zero-order valence-corrected chi connectivity index (χ0v) is 19.3. The van der Waals surface area contributed by atoms with Crippen LogP contribution in [-0.2, 0) is 11.2 Å². The number of unbranched alkanes of at least 4 members (excludes halogenated alkanes) is 1. The molecule has 1 aromatic carbocycles. The third-order valence-corrected chi connectivity index (χ3v) is 6.80. The second kappa shape index (κ2) is 10.1. The lowest BCUT2D eigenvalue weighted by Gasteiger charge is -2.43. The number of benzene rings is 1. The Balaban J connectivity index is 1.71. The number of aromatic nitrogens is 1. The largest absolute Gasteiger partial charge is 0.497 e. The summed E-state index contributed by atoms with van der Waals surface area (Å²) in [6.45, 7) is 2.14. The molecule has 2 amide bonds. The third kappa shape index (κ3) is 4.73. The molecule has 0 spiro atoms. The topological polar surface area (TPSA) is 71.5 Å². The van der Waals surface area contributed by atoms with Gasteiger partial charge in [0.25, 0.3) is 11.8 Å². The molecule has 2 aliphatic rings. The van der Waals surface area contributed by atoms with Gasteiger partial charge in [0.2, 0.25) is 0 Å². The van der Waals surface area contributed by atoms with Crippen LogP contribution >= 0.6 is 0 Å². The highest BCUT2D eigenvalue weighted by molar-refractivity contribution is 5.94. The monoisotopic (exact) mass is 445 g/mol. The molecule has 33 heavy (non-hydrogen) atoms. The predicted octanol–water partition coefficient (Wildman–Crippen LogP) is 4.04. The number of nitrogens with one attached hydrogen (secondary N) is 1. The number of carbonyl (C=O) groups is 2. The number of hydrogen-bond donors (Lipinski definition) is 1. The van der Waals surface area contributed by atoms with Crippen molar-refractivity contribution in [3.63, 3.8) is 0 Å². The fourth-order valence-electron chi connectivity index (χ4n) is 4.76. The van der Waals surface area contributed by atoms with Crippen LogP contribution in [0, 0.1) is 12.3 Å². The minimum atomic E-state index is -0.360. The van der Waals surface area contributed by atoms with E-state index in [0.29, 0.717) is 5.69 Å². The molecule has 0 bridgehead atoms. The Bertz CT molecular complexity index is 1050. The van der Waals surface area contributed by atoms with Gasteiger partial charge in [0.1, 0.15) is 11.4 Å². The van der Waals surface area contributed by atoms with E-state index in [1.54, 1.807) is 19.4 Å². The minimum absolute atomic E-state index is 0.0142. The van der Waals surface area contributed by atoms with E-state index < -0.39 is 0 Å². The fraction of sp³-hybridized carbons (Fsp3) is 0.444. The highest BCUT2D eigenvalue weighted by Crippen LogP contribution is 2.40. The van der Waals surface area contributed by atoms with E-state index >= 15 is 0 Å². The number of methoxy groups -OCH3 is 1. The Morgan fingerprint density at radius 3 is 2.70 bits per heavy atom. The van der Waals surface area contributed by atoms with Gasteiger partial charge in [0, 0.05) is 18.3 Å². The Hall–Kier alpha value is -3.33. The first kappa shape index (κ1) is 22.8. The molecule has 0 unspecified atom stereocenters. The van der Waals surface area contributed by atoms with Crippen LogP contribution in [0.2, 0.25) is 0 Å². The molecular weight excluding hydrogens is 414 g/mol. The molecule has 1 aliphatic heterocycles. The second-order valence-corrected chi connectivity index (χ2v) is 8.90. The van der Waals surface area contributed by atoms with E-state index in [0.717, 1.165) is 67.4 Å². The van der Waals surface area contributed by atoms with Crippen molar-refractivity contribution in [3.05, 3.63) is 58.9 Å². The summed E-state index contributed by atoms with van der Waals surface area (Å²) in [6, 6.07) is 9.46. The van der Waals surface area contributed by atoms with Crippen LogP contribution in [-0.4, -0.2) is 40.9 Å². The van der Waals surface area contributed by atoms with Crippen LogP contribution in [0.25, 0.3) is 0 Å². The summed E-state index contributed by atoms with van der Waals surface area (Å²) in [5.74, 6) is 2.65. The summed E-state index contributed by atoms with van der Waals surface area (Å²) in [7, 11) is 1.65. The minimum Gasteiger partial charge on any atom is -0.497 e. The molecule has 6 nitrogen and oxygen atoms in total. The van der Waals surface area contributed by atoms with Crippen molar-refractivity contribution in [2.45, 2.75) is 70.0 Å². The predicted molar refractivity (Wildman–Crippen MR) is 127 cm³/mol. The lowest BCUT2D eigenvalue weighted by molar-refractivity contribution is -0.130. The van der Waals surface area contributed by atoms with E-state index in [9.17, 15) is 9.59 Å². The van der Waals surface area contributed by atoms with E-state index in [-0.39, 0.29) is 29.9 Å². The number of rotatable bonds is 7. The molecule has 1 N–H and O–H groups in total. The number of hydrogen-bond acceptors (Lipinski definition) is 4. The van der Waals surface area contributed by atoms with Crippen molar-refractivity contribution < 1.29 is 14.3 Å². The van der Waals surface area contributed by atoms with Gasteiger partial charge in [0.05, 0.1) is 13.2 Å². The third-order valence-electron chi connectivity index (χ3n) is 6.80. The maximum Gasteiger partial charge on any atom is 0.299 e. The quantitative estimate of drug-likeness (QED) is 0.653. The van der Waals surface area contributed by atoms with Crippen LogP contribution in [0.15, 0.2) is 36.5 Å². The van der Waals surface area contributed by atoms with Gasteiger partial charge in [0.15, 0.2) is 0 Å². The average molecular weight is 446 g/mol. The second-order valence-electron chi connectivity index (χ2n) is 8.90. The Kier molecular flexibility index (Phi) is 6.98. The van der Waals surface area contributed by atoms with Crippen LogP contribution in [0.4, 0.5) is 0 Å². The SMILES string of the molecule is C#CC(=O)N1[C@@H](CCCC)Cc2cc(OC)ccc2[C@@H]1c1ccc(C(=O)NC2CCC2)nc1. The van der Waals surface area contributed by atoms with Crippen LogP contribution in [0.1, 0.15) is 78.7 Å². The van der Waals surface area contributed by atoms with Gasteiger partial charge in [-0.2, -0.15) is 0 Å². The molecule has 2 heterocycles. The number of pyridine rings is 1. The van der Waals surface area contributed by atoms with Crippen LogP contribution in [0.5, 0.6) is 5.75 Å². The van der Waals surface area contributed by atoms with Crippen molar-refractivity contribution in [1.82, 2.24) is 15.2 Å². The van der Waals surface area contributed by atoms with E-state index in [1.807, 2.05) is 29.2 Å². The van der Waals surface area contributed by atoms with E-state index in [1.165, 1.54) is 0 Å². The van der Waals surface area contributed by atoms with Crippen LogP contribution in [0.3, 0.4) is 0 Å². The summed E-state index contributed by atoms with van der Waals surface area (Å²) in [5.41, 5.74) is 3.38. The van der Waals surface area contributed by atoms with Gasteiger partial charge in [-0.25, -0.2) is 0 Å². The standard InChI is InChI=1S/C27H31N3O3/c1-4-6-10-21-15-19-16-22(33-3)12-13-23(19)26(30(21)25(31)5-2)18-11-14-24(28-17-18)27(32)29-20-8-7-9-20/h2,11-14,16-17,20-21,26H,4,6-10,15H2,1,3H3,(H,29,32)/t21-,26-/m0/s1. The zero-order valence-electron chi connectivity index (χ0n) is 19.3. The summed E-state index contributed by atoms with van der Waals surface area (Å²) in [4.78, 5) is 31.8. The van der Waals surface area contributed by atoms with Crippen molar-refractivity contribution in [2.75, 3.05) is 7.11 Å². The molecule has 4 rings (SSSR count). The number of carbonyl (C=O) groups excluding carboxylic acids is 2. The van der Waals surface area contributed by atoms with E-state index in [2.05, 4.69) is 23.1 Å². The lowest BCUT2D eigenvalue weighted by Crippen LogP contribution is -2.47. The average Bonchev–Trinajstić information content (AvgIpc) is 2.83. The molecule has 1 fully saturated rings. The van der Waals surface area contributed by atoms with Crippen molar-refractivity contribution >= 4 is 11.8 Å². The first-order chi connectivity index (χ1) is 16.0. The summed E-state index contributed by atoms with van der Waals surface area (Å²) in [5, 5.41) is 3.02. The molecular formula is C27H31N3O3. The van der Waals surface area contributed by atoms with Crippen molar-refractivity contribution in [1.29, 1.82) is 0 Å². The smallest absolute Gasteiger partial charge is 0.299 e. The Morgan fingerprint density at radius 2 is 2.09 bits per heavy atom. The Labute approximate surface area is 195 Å². The number of ether oxygens (including phenoxy) is 1. The molecule has 1 saturated carbocycles. The van der Waals surface area contributed by atoms with Crippen LogP contribution < -0.4 is 10.1 Å².